The Morgan fingerprint density at radius 1 is 1.12 bits per heavy atom. The minimum Gasteiger partial charge on any atom is -0.379 e. The fraction of sp³-hybridized carbons (Fsp3) is 0.550. The number of benzene rings is 1. The first-order valence-corrected chi connectivity index (χ1v) is 9.40. The Balaban J connectivity index is 1.41. The molecular weight excluding hydrogens is 312 g/mol. The quantitative estimate of drug-likeness (QED) is 0.857. The van der Waals surface area contributed by atoms with Gasteiger partial charge in [-0.1, -0.05) is 24.3 Å². The summed E-state index contributed by atoms with van der Waals surface area (Å²) in [6, 6.07) is 9.70. The normalized spacial score (nSPS) is 29.7. The zero-order valence-electron chi connectivity index (χ0n) is 14.8. The SMILES string of the molecule is Cn1cc(CN2C[C@H]3[C@@H](C2)c2ccccc2[C@@H]3N2CCOCC2)cn1. The van der Waals surface area contributed by atoms with E-state index in [-0.39, 0.29) is 0 Å². The highest BCUT2D eigenvalue weighted by Crippen LogP contribution is 2.51. The lowest BCUT2D eigenvalue weighted by molar-refractivity contribution is 0.00470. The van der Waals surface area contributed by atoms with Gasteiger partial charge in [0.15, 0.2) is 0 Å². The molecule has 25 heavy (non-hydrogen) atoms. The lowest BCUT2D eigenvalue weighted by Gasteiger charge is -2.36. The molecule has 0 N–H and O–H groups in total. The Labute approximate surface area is 149 Å². The minimum atomic E-state index is 0.559. The summed E-state index contributed by atoms with van der Waals surface area (Å²) >= 11 is 0. The lowest BCUT2D eigenvalue weighted by Crippen LogP contribution is -2.41. The van der Waals surface area contributed by atoms with Crippen LogP contribution < -0.4 is 0 Å². The van der Waals surface area contributed by atoms with Gasteiger partial charge in [0.2, 0.25) is 0 Å². The fourth-order valence-electron chi connectivity index (χ4n) is 5.17. The molecule has 5 nitrogen and oxygen atoms in total. The molecule has 1 aromatic heterocycles. The summed E-state index contributed by atoms with van der Waals surface area (Å²) in [5.41, 5.74) is 4.47. The van der Waals surface area contributed by atoms with E-state index in [1.807, 2.05) is 17.9 Å². The number of fused-ring (bicyclic) bond motifs is 3. The van der Waals surface area contributed by atoms with E-state index in [2.05, 4.69) is 45.4 Å². The number of hydrogen-bond acceptors (Lipinski definition) is 4. The third kappa shape index (κ3) is 2.71. The third-order valence-electron chi connectivity index (χ3n) is 6.16. The molecule has 0 bridgehead atoms. The molecule has 0 spiro atoms. The van der Waals surface area contributed by atoms with Crippen molar-refractivity contribution in [1.82, 2.24) is 19.6 Å². The predicted molar refractivity (Wildman–Crippen MR) is 96.3 cm³/mol. The van der Waals surface area contributed by atoms with Crippen molar-refractivity contribution in [2.45, 2.75) is 18.5 Å². The summed E-state index contributed by atoms with van der Waals surface area (Å²) < 4.78 is 7.50. The van der Waals surface area contributed by atoms with Crippen LogP contribution in [-0.4, -0.2) is 59.0 Å². The second-order valence-corrected chi connectivity index (χ2v) is 7.71. The maximum absolute atomic E-state index is 5.60. The summed E-state index contributed by atoms with van der Waals surface area (Å²) in [6.45, 7) is 7.22. The number of hydrogen-bond donors (Lipinski definition) is 0. The van der Waals surface area contributed by atoms with Crippen LogP contribution in [0.2, 0.25) is 0 Å². The van der Waals surface area contributed by atoms with E-state index in [0.717, 1.165) is 39.4 Å². The smallest absolute Gasteiger partial charge is 0.0594 e. The molecule has 0 amide bonds. The van der Waals surface area contributed by atoms with Gasteiger partial charge in [0.1, 0.15) is 0 Å². The van der Waals surface area contributed by atoms with Crippen LogP contribution in [0.15, 0.2) is 36.7 Å². The monoisotopic (exact) mass is 338 g/mol. The van der Waals surface area contributed by atoms with Gasteiger partial charge in [0.25, 0.3) is 0 Å². The Bertz CT molecular complexity index is 752. The first kappa shape index (κ1) is 15.6. The molecule has 3 aliphatic rings. The van der Waals surface area contributed by atoms with Crippen molar-refractivity contribution in [1.29, 1.82) is 0 Å². The van der Waals surface area contributed by atoms with Gasteiger partial charge >= 0.3 is 0 Å². The maximum atomic E-state index is 5.60. The molecular formula is C20H26N4O. The summed E-state index contributed by atoms with van der Waals surface area (Å²) in [5, 5.41) is 4.32. The van der Waals surface area contributed by atoms with Crippen molar-refractivity contribution in [3.63, 3.8) is 0 Å². The van der Waals surface area contributed by atoms with Gasteiger partial charge in [-0.3, -0.25) is 14.5 Å². The molecule has 5 heteroatoms. The molecule has 1 aliphatic carbocycles. The first-order valence-electron chi connectivity index (χ1n) is 9.40. The molecule has 2 fully saturated rings. The Morgan fingerprint density at radius 2 is 1.92 bits per heavy atom. The molecule has 0 radical (unpaired) electrons. The van der Waals surface area contributed by atoms with Crippen molar-refractivity contribution < 1.29 is 4.74 Å². The van der Waals surface area contributed by atoms with Crippen LogP contribution in [0.25, 0.3) is 0 Å². The average molecular weight is 338 g/mol. The van der Waals surface area contributed by atoms with E-state index < -0.39 is 0 Å². The Kier molecular flexibility index (Phi) is 3.88. The molecule has 3 heterocycles. The van der Waals surface area contributed by atoms with Crippen LogP contribution in [0.5, 0.6) is 0 Å². The van der Waals surface area contributed by atoms with Crippen molar-refractivity contribution in [3.8, 4) is 0 Å². The summed E-state index contributed by atoms with van der Waals surface area (Å²) in [6.07, 6.45) is 4.14. The number of aromatic nitrogens is 2. The number of morpholine rings is 1. The zero-order valence-corrected chi connectivity index (χ0v) is 14.8. The van der Waals surface area contributed by atoms with Gasteiger partial charge in [-0.25, -0.2) is 0 Å². The largest absolute Gasteiger partial charge is 0.379 e. The summed E-state index contributed by atoms with van der Waals surface area (Å²) in [4.78, 5) is 5.29. The van der Waals surface area contributed by atoms with Crippen molar-refractivity contribution >= 4 is 0 Å². The summed E-state index contributed by atoms with van der Waals surface area (Å²) in [7, 11) is 1.99. The molecule has 2 aliphatic heterocycles. The van der Waals surface area contributed by atoms with E-state index in [9.17, 15) is 0 Å². The van der Waals surface area contributed by atoms with Gasteiger partial charge in [-0.15, -0.1) is 0 Å². The highest BCUT2D eigenvalue weighted by Gasteiger charge is 2.48. The number of ether oxygens (including phenoxy) is 1. The Morgan fingerprint density at radius 3 is 2.68 bits per heavy atom. The molecule has 0 saturated carbocycles. The number of likely N-dealkylation sites (tertiary alicyclic amines) is 1. The summed E-state index contributed by atoms with van der Waals surface area (Å²) in [5.74, 6) is 1.37. The van der Waals surface area contributed by atoms with Crippen molar-refractivity contribution in [2.24, 2.45) is 13.0 Å². The van der Waals surface area contributed by atoms with Gasteiger partial charge in [-0.2, -0.15) is 5.10 Å². The molecule has 3 atom stereocenters. The molecule has 132 valence electrons. The first-order chi connectivity index (χ1) is 12.3. The van der Waals surface area contributed by atoms with Crippen LogP contribution in [0.3, 0.4) is 0 Å². The minimum absolute atomic E-state index is 0.559. The van der Waals surface area contributed by atoms with Gasteiger partial charge in [0, 0.05) is 63.5 Å². The maximum Gasteiger partial charge on any atom is 0.0594 e. The molecule has 2 saturated heterocycles. The third-order valence-corrected chi connectivity index (χ3v) is 6.16. The van der Waals surface area contributed by atoms with E-state index in [1.54, 1.807) is 11.1 Å². The van der Waals surface area contributed by atoms with Crippen LogP contribution in [-0.2, 0) is 18.3 Å². The van der Waals surface area contributed by atoms with E-state index in [1.165, 1.54) is 12.1 Å². The van der Waals surface area contributed by atoms with Gasteiger partial charge < -0.3 is 4.74 Å². The predicted octanol–water partition coefficient (Wildman–Crippen LogP) is 2.02. The number of nitrogens with zero attached hydrogens (tertiary/aromatic N) is 4. The zero-order chi connectivity index (χ0) is 16.8. The van der Waals surface area contributed by atoms with Crippen molar-refractivity contribution in [3.05, 3.63) is 53.3 Å². The van der Waals surface area contributed by atoms with Crippen LogP contribution in [0, 0.1) is 5.92 Å². The second kappa shape index (κ2) is 6.24. The topological polar surface area (TPSA) is 33.5 Å². The van der Waals surface area contributed by atoms with Crippen LogP contribution >= 0.6 is 0 Å². The van der Waals surface area contributed by atoms with E-state index in [4.69, 9.17) is 4.74 Å². The highest BCUT2D eigenvalue weighted by molar-refractivity contribution is 5.41. The van der Waals surface area contributed by atoms with Gasteiger partial charge in [-0.05, 0) is 17.0 Å². The van der Waals surface area contributed by atoms with Crippen molar-refractivity contribution in [2.75, 3.05) is 39.4 Å². The number of rotatable bonds is 3. The Hall–Kier alpha value is -1.69. The fourth-order valence-corrected chi connectivity index (χ4v) is 5.17. The molecule has 1 aromatic carbocycles. The standard InChI is InChI=1S/C20H26N4O/c1-22-11-15(10-21-22)12-23-13-18-16-4-2-3-5-17(16)20(19(18)14-23)24-6-8-25-9-7-24/h2-5,10-11,18-20H,6-9,12-14H2,1H3/t18-,19-,20-/m0/s1. The molecule has 2 aromatic rings. The van der Waals surface area contributed by atoms with Crippen LogP contribution in [0.4, 0.5) is 0 Å². The van der Waals surface area contributed by atoms with E-state index in [0.29, 0.717) is 17.9 Å². The number of aryl methyl sites for hydroxylation is 1. The lowest BCUT2D eigenvalue weighted by atomic mass is 9.93. The second-order valence-electron chi connectivity index (χ2n) is 7.71. The highest BCUT2D eigenvalue weighted by atomic mass is 16.5. The average Bonchev–Trinajstić information content (AvgIpc) is 3.30. The molecule has 0 unspecified atom stereocenters. The van der Waals surface area contributed by atoms with Gasteiger partial charge in [0.05, 0.1) is 19.4 Å². The van der Waals surface area contributed by atoms with Crippen LogP contribution in [0.1, 0.15) is 28.7 Å². The molecule has 5 rings (SSSR count). The van der Waals surface area contributed by atoms with E-state index >= 15 is 0 Å².